The van der Waals surface area contributed by atoms with E-state index in [2.05, 4.69) is 10.3 Å². The van der Waals surface area contributed by atoms with Crippen LogP contribution in [0.1, 0.15) is 13.3 Å². The van der Waals surface area contributed by atoms with Crippen LogP contribution in [0.2, 0.25) is 0 Å². The topological polar surface area (TPSA) is 73.8 Å². The lowest BCUT2D eigenvalue weighted by Crippen LogP contribution is -2.04. The maximum Gasteiger partial charge on any atom is 0.402 e. The molecule has 1 heterocycles. The Kier molecular flexibility index (Phi) is 2.32. The fraction of sp³-hybridized carbons (Fsp3) is 0.600. The van der Waals surface area contributed by atoms with Gasteiger partial charge in [0.1, 0.15) is 6.54 Å². The molecule has 0 saturated heterocycles. The van der Waals surface area contributed by atoms with Gasteiger partial charge in [-0.1, -0.05) is 12.0 Å². The van der Waals surface area contributed by atoms with Crippen molar-refractivity contribution in [2.45, 2.75) is 19.9 Å². The van der Waals surface area contributed by atoms with Crippen molar-refractivity contribution in [1.82, 2.24) is 15.0 Å². The molecule has 12 heavy (non-hydrogen) atoms. The molecule has 0 saturated carbocycles. The number of hydrogen-bond donors (Lipinski definition) is 0. The second kappa shape index (κ2) is 3.24. The lowest BCUT2D eigenvalue weighted by atomic mass is 10.5. The average molecular weight is 174 g/mol. The van der Waals surface area contributed by atoms with Crippen molar-refractivity contribution in [2.24, 2.45) is 0 Å². The molecule has 0 amide bonds. The zero-order valence-corrected chi connectivity index (χ0v) is 6.40. The molecule has 0 aliphatic rings. The number of aryl methyl sites for hydroxylation is 1. The lowest BCUT2D eigenvalue weighted by Gasteiger charge is -1.93. The SMILES string of the molecule is CCCn1nnc(F)c1[N+](=O)[O-]. The van der Waals surface area contributed by atoms with Crippen molar-refractivity contribution in [3.8, 4) is 0 Å². The van der Waals surface area contributed by atoms with E-state index in [0.717, 1.165) is 4.68 Å². The largest absolute Gasteiger partial charge is 0.402 e. The van der Waals surface area contributed by atoms with Gasteiger partial charge < -0.3 is 10.1 Å². The second-order valence-electron chi connectivity index (χ2n) is 2.18. The smallest absolute Gasteiger partial charge is 0.358 e. The highest BCUT2D eigenvalue weighted by atomic mass is 19.1. The fourth-order valence-electron chi connectivity index (χ4n) is 0.819. The maximum atomic E-state index is 12.5. The van der Waals surface area contributed by atoms with Gasteiger partial charge in [0.2, 0.25) is 0 Å². The minimum atomic E-state index is -1.13. The first-order chi connectivity index (χ1) is 5.66. The highest BCUT2D eigenvalue weighted by molar-refractivity contribution is 5.13. The first-order valence-electron chi connectivity index (χ1n) is 3.40. The Morgan fingerprint density at radius 1 is 1.75 bits per heavy atom. The van der Waals surface area contributed by atoms with E-state index in [1.54, 1.807) is 0 Å². The molecule has 0 radical (unpaired) electrons. The molecule has 0 bridgehead atoms. The van der Waals surface area contributed by atoms with Crippen LogP contribution in [-0.4, -0.2) is 19.9 Å². The Bertz CT molecular complexity index is 298. The van der Waals surface area contributed by atoms with Crippen LogP contribution >= 0.6 is 0 Å². The van der Waals surface area contributed by atoms with Gasteiger partial charge in [0.15, 0.2) is 0 Å². The van der Waals surface area contributed by atoms with Crippen molar-refractivity contribution in [2.75, 3.05) is 0 Å². The molecule has 1 aromatic heterocycles. The minimum absolute atomic E-state index is 0.299. The van der Waals surface area contributed by atoms with Gasteiger partial charge in [-0.05, 0) is 11.3 Å². The minimum Gasteiger partial charge on any atom is -0.358 e. The molecule has 0 N–H and O–H groups in total. The molecule has 0 unspecified atom stereocenters. The van der Waals surface area contributed by atoms with E-state index in [1.807, 2.05) is 6.92 Å². The molecule has 1 rings (SSSR count). The van der Waals surface area contributed by atoms with E-state index in [1.165, 1.54) is 0 Å². The van der Waals surface area contributed by atoms with Gasteiger partial charge in [-0.25, -0.2) is 0 Å². The number of nitrogens with zero attached hydrogens (tertiary/aromatic N) is 4. The van der Waals surface area contributed by atoms with Crippen molar-refractivity contribution in [3.05, 3.63) is 16.1 Å². The molecule has 0 atom stereocenters. The molecular weight excluding hydrogens is 167 g/mol. The van der Waals surface area contributed by atoms with Crippen LogP contribution in [0.4, 0.5) is 10.2 Å². The predicted molar refractivity (Wildman–Crippen MR) is 36.9 cm³/mol. The van der Waals surface area contributed by atoms with Crippen molar-refractivity contribution < 1.29 is 9.31 Å². The predicted octanol–water partition coefficient (Wildman–Crippen LogP) is 0.735. The zero-order chi connectivity index (χ0) is 9.14. The molecule has 1 aromatic rings. The van der Waals surface area contributed by atoms with E-state index < -0.39 is 16.7 Å². The number of nitro groups is 1. The second-order valence-corrected chi connectivity index (χ2v) is 2.18. The fourth-order valence-corrected chi connectivity index (χ4v) is 0.819. The lowest BCUT2D eigenvalue weighted by molar-refractivity contribution is -0.395. The van der Waals surface area contributed by atoms with Crippen LogP contribution in [0.3, 0.4) is 0 Å². The summed E-state index contributed by atoms with van der Waals surface area (Å²) >= 11 is 0. The highest BCUT2D eigenvalue weighted by Crippen LogP contribution is 2.13. The molecule has 0 aliphatic heterocycles. The van der Waals surface area contributed by atoms with Gasteiger partial charge in [-0.15, -0.1) is 4.68 Å². The van der Waals surface area contributed by atoms with Crippen LogP contribution in [0.15, 0.2) is 0 Å². The average Bonchev–Trinajstić information content (AvgIpc) is 2.32. The van der Waals surface area contributed by atoms with Crippen LogP contribution in [0.5, 0.6) is 0 Å². The first-order valence-corrected chi connectivity index (χ1v) is 3.40. The van der Waals surface area contributed by atoms with Crippen molar-refractivity contribution in [1.29, 1.82) is 0 Å². The van der Waals surface area contributed by atoms with Gasteiger partial charge >= 0.3 is 11.8 Å². The Hall–Kier alpha value is -1.53. The summed E-state index contributed by atoms with van der Waals surface area (Å²) in [7, 11) is 0. The summed E-state index contributed by atoms with van der Waals surface area (Å²) in [5.41, 5.74) is 0. The Balaban J connectivity index is 3.04. The number of halogens is 1. The summed E-state index contributed by atoms with van der Waals surface area (Å²) < 4.78 is 13.5. The standard InChI is InChI=1S/C5H7FN4O2/c1-2-3-9-5(10(11)12)4(6)7-8-9/h2-3H2,1H3. The molecule has 6 nitrogen and oxygen atoms in total. The third kappa shape index (κ3) is 1.39. The van der Waals surface area contributed by atoms with E-state index in [4.69, 9.17) is 0 Å². The third-order valence-electron chi connectivity index (χ3n) is 1.28. The molecule has 0 spiro atoms. The summed E-state index contributed by atoms with van der Waals surface area (Å²) in [6.07, 6.45) is 0.642. The summed E-state index contributed by atoms with van der Waals surface area (Å²) in [5, 5.41) is 16.5. The maximum absolute atomic E-state index is 12.5. The monoisotopic (exact) mass is 174 g/mol. The van der Waals surface area contributed by atoms with Gasteiger partial charge in [0.05, 0.1) is 0 Å². The highest BCUT2D eigenvalue weighted by Gasteiger charge is 2.22. The van der Waals surface area contributed by atoms with Crippen LogP contribution in [0, 0.1) is 16.1 Å². The number of hydrogen-bond acceptors (Lipinski definition) is 4. The molecule has 0 aliphatic carbocycles. The van der Waals surface area contributed by atoms with E-state index in [-0.39, 0.29) is 0 Å². The Labute approximate surface area is 67.1 Å². The Morgan fingerprint density at radius 2 is 2.42 bits per heavy atom. The summed E-state index contributed by atoms with van der Waals surface area (Å²) in [5.74, 6) is -1.80. The van der Waals surface area contributed by atoms with Crippen molar-refractivity contribution >= 4 is 5.82 Å². The van der Waals surface area contributed by atoms with Gasteiger partial charge in [0, 0.05) is 5.21 Å². The van der Waals surface area contributed by atoms with E-state index in [0.29, 0.717) is 13.0 Å². The number of aromatic nitrogens is 3. The van der Waals surface area contributed by atoms with Crippen LogP contribution in [0.25, 0.3) is 0 Å². The number of rotatable bonds is 3. The normalized spacial score (nSPS) is 10.2. The molecular formula is C5H7FN4O2. The summed E-state index contributed by atoms with van der Waals surface area (Å²) in [6, 6.07) is 0. The Morgan fingerprint density at radius 3 is 2.92 bits per heavy atom. The van der Waals surface area contributed by atoms with Crippen LogP contribution < -0.4 is 0 Å². The zero-order valence-electron chi connectivity index (χ0n) is 6.40. The summed E-state index contributed by atoms with van der Waals surface area (Å²) in [4.78, 5) is 9.41. The molecule has 0 fully saturated rings. The van der Waals surface area contributed by atoms with E-state index in [9.17, 15) is 14.5 Å². The van der Waals surface area contributed by atoms with Gasteiger partial charge in [-0.3, -0.25) is 0 Å². The van der Waals surface area contributed by atoms with Gasteiger partial charge in [0.25, 0.3) is 0 Å². The third-order valence-corrected chi connectivity index (χ3v) is 1.28. The van der Waals surface area contributed by atoms with Gasteiger partial charge in [-0.2, -0.15) is 4.39 Å². The molecule has 0 aromatic carbocycles. The molecule has 7 heteroatoms. The van der Waals surface area contributed by atoms with Crippen molar-refractivity contribution in [3.63, 3.8) is 0 Å². The first kappa shape index (κ1) is 8.57. The molecule has 66 valence electrons. The quantitative estimate of drug-likeness (QED) is 0.500. The van der Waals surface area contributed by atoms with E-state index >= 15 is 0 Å². The summed E-state index contributed by atoms with van der Waals surface area (Å²) in [6.45, 7) is 2.11. The van der Waals surface area contributed by atoms with Crippen LogP contribution in [-0.2, 0) is 6.54 Å².